The van der Waals surface area contributed by atoms with Gasteiger partial charge in [-0.1, -0.05) is 32.1 Å². The van der Waals surface area contributed by atoms with Crippen molar-refractivity contribution in [3.05, 3.63) is 36.1 Å². The lowest BCUT2D eigenvalue weighted by Gasteiger charge is -2.63. The lowest BCUT2D eigenvalue weighted by Crippen LogP contribution is -2.62. The van der Waals surface area contributed by atoms with Gasteiger partial charge in [0.05, 0.1) is 24.5 Å². The van der Waals surface area contributed by atoms with Crippen LogP contribution < -0.4 is 0 Å². The first-order chi connectivity index (χ1) is 12.7. The van der Waals surface area contributed by atoms with Crippen LogP contribution in [-0.2, 0) is 19.0 Å². The van der Waals surface area contributed by atoms with Gasteiger partial charge in [-0.05, 0) is 69.3 Å². The molecule has 2 aliphatic carbocycles. The van der Waals surface area contributed by atoms with E-state index in [9.17, 15) is 4.79 Å². The van der Waals surface area contributed by atoms with Crippen LogP contribution in [0.3, 0.4) is 0 Å². The molecule has 2 saturated carbocycles. The van der Waals surface area contributed by atoms with Crippen molar-refractivity contribution in [3.63, 3.8) is 0 Å². The van der Waals surface area contributed by atoms with Gasteiger partial charge in [-0.2, -0.15) is 0 Å². The van der Waals surface area contributed by atoms with Crippen molar-refractivity contribution in [2.24, 2.45) is 22.7 Å². The number of hydrogen-bond acceptors (Lipinski definition) is 4. The van der Waals surface area contributed by atoms with Crippen LogP contribution >= 0.6 is 0 Å². The van der Waals surface area contributed by atoms with Crippen LogP contribution in [0, 0.1) is 22.7 Å². The average molecular weight is 373 g/mol. The van der Waals surface area contributed by atoms with E-state index in [1.54, 1.807) is 6.08 Å². The third-order valence-corrected chi connectivity index (χ3v) is 7.70. The molecule has 1 saturated heterocycles. The Morgan fingerprint density at radius 3 is 2.70 bits per heavy atom. The summed E-state index contributed by atoms with van der Waals surface area (Å²) in [5.41, 5.74) is 2.17. The van der Waals surface area contributed by atoms with Crippen molar-refractivity contribution >= 4 is 5.97 Å². The lowest BCUT2D eigenvalue weighted by molar-refractivity contribution is -0.344. The molecule has 0 amide bonds. The Balaban J connectivity index is 1.61. The molecule has 0 N–H and O–H groups in total. The molecule has 0 aromatic heterocycles. The molecule has 4 aliphatic rings. The predicted octanol–water partition coefficient (Wildman–Crippen LogP) is 4.91. The van der Waals surface area contributed by atoms with Gasteiger partial charge >= 0.3 is 5.97 Å². The molecular weight excluding hydrogens is 340 g/mol. The van der Waals surface area contributed by atoms with E-state index in [4.69, 9.17) is 14.2 Å². The van der Waals surface area contributed by atoms with Gasteiger partial charge in [-0.3, -0.25) is 0 Å². The second-order valence-electron chi connectivity index (χ2n) is 9.75. The van der Waals surface area contributed by atoms with E-state index in [-0.39, 0.29) is 22.9 Å². The van der Waals surface area contributed by atoms with E-state index >= 15 is 0 Å². The van der Waals surface area contributed by atoms with Gasteiger partial charge in [0.15, 0.2) is 5.79 Å². The second-order valence-corrected chi connectivity index (χ2v) is 9.75. The van der Waals surface area contributed by atoms with Crippen LogP contribution in [0.15, 0.2) is 36.1 Å². The van der Waals surface area contributed by atoms with Crippen LogP contribution in [0.2, 0.25) is 0 Å². The van der Waals surface area contributed by atoms with E-state index < -0.39 is 5.79 Å². The summed E-state index contributed by atoms with van der Waals surface area (Å²) < 4.78 is 17.4. The SMILES string of the molecule is C=C1CCC2C3(C)COC(C)(C)OC3CCC2(C)C1C/C=C1\C=COC1=O. The first kappa shape index (κ1) is 18.9. The predicted molar refractivity (Wildman–Crippen MR) is 104 cm³/mol. The Hall–Kier alpha value is -1.39. The Morgan fingerprint density at radius 2 is 2.00 bits per heavy atom. The van der Waals surface area contributed by atoms with E-state index in [1.807, 2.05) is 19.9 Å². The molecule has 5 unspecified atom stereocenters. The van der Waals surface area contributed by atoms with E-state index in [0.717, 1.165) is 38.7 Å². The molecule has 3 fully saturated rings. The number of rotatable bonds is 2. The summed E-state index contributed by atoms with van der Waals surface area (Å²) in [7, 11) is 0. The highest BCUT2D eigenvalue weighted by Crippen LogP contribution is 2.63. The maximum Gasteiger partial charge on any atom is 0.342 e. The number of ether oxygens (including phenoxy) is 3. The first-order valence-electron chi connectivity index (χ1n) is 10.2. The topological polar surface area (TPSA) is 44.8 Å². The normalized spacial score (nSPS) is 44.7. The molecule has 0 spiro atoms. The summed E-state index contributed by atoms with van der Waals surface area (Å²) in [4.78, 5) is 11.8. The smallest absolute Gasteiger partial charge is 0.342 e. The minimum Gasteiger partial charge on any atom is -0.431 e. The zero-order chi connectivity index (χ0) is 19.4. The number of cyclic esters (lactones) is 1. The van der Waals surface area contributed by atoms with Crippen LogP contribution in [0.5, 0.6) is 0 Å². The van der Waals surface area contributed by atoms with Crippen LogP contribution in [0.25, 0.3) is 0 Å². The quantitative estimate of drug-likeness (QED) is 0.392. The molecule has 0 aromatic carbocycles. The number of carbonyl (C=O) groups is 1. The molecule has 148 valence electrons. The van der Waals surface area contributed by atoms with E-state index in [2.05, 4.69) is 20.4 Å². The number of allylic oxidation sites excluding steroid dienone is 2. The number of esters is 1. The molecule has 0 bridgehead atoms. The summed E-state index contributed by atoms with van der Waals surface area (Å²) >= 11 is 0. The van der Waals surface area contributed by atoms with Gasteiger partial charge in [0.2, 0.25) is 0 Å². The Kier molecular flexibility index (Phi) is 4.43. The highest BCUT2D eigenvalue weighted by Gasteiger charge is 2.60. The fourth-order valence-corrected chi connectivity index (χ4v) is 6.20. The minimum atomic E-state index is -0.491. The van der Waals surface area contributed by atoms with Crippen molar-refractivity contribution in [1.29, 1.82) is 0 Å². The van der Waals surface area contributed by atoms with Gasteiger partial charge in [-0.15, -0.1) is 0 Å². The number of carbonyl (C=O) groups excluding carboxylic acids is 1. The zero-order valence-electron chi connectivity index (χ0n) is 17.0. The van der Waals surface area contributed by atoms with Crippen LogP contribution in [0.1, 0.15) is 59.8 Å². The number of fused-ring (bicyclic) bond motifs is 3. The molecular formula is C23H32O4. The molecule has 2 aliphatic heterocycles. The third-order valence-electron chi connectivity index (χ3n) is 7.70. The molecule has 4 nitrogen and oxygen atoms in total. The Bertz CT molecular complexity index is 718. The second kappa shape index (κ2) is 6.31. The van der Waals surface area contributed by atoms with Gasteiger partial charge in [-0.25, -0.2) is 4.79 Å². The number of hydrogen-bond donors (Lipinski definition) is 0. The molecule has 27 heavy (non-hydrogen) atoms. The minimum absolute atomic E-state index is 0.0286. The fraction of sp³-hybridized carbons (Fsp3) is 0.696. The summed E-state index contributed by atoms with van der Waals surface area (Å²) in [6, 6.07) is 0. The summed E-state index contributed by atoms with van der Waals surface area (Å²) in [5.74, 6) is 0.165. The van der Waals surface area contributed by atoms with E-state index in [0.29, 0.717) is 17.4 Å². The largest absolute Gasteiger partial charge is 0.431 e. The Labute approximate surface area is 162 Å². The van der Waals surface area contributed by atoms with Crippen LogP contribution in [0.4, 0.5) is 0 Å². The summed E-state index contributed by atoms with van der Waals surface area (Å²) in [5, 5.41) is 0. The monoisotopic (exact) mass is 372 g/mol. The molecule has 0 aromatic rings. The molecule has 0 radical (unpaired) electrons. The van der Waals surface area contributed by atoms with Gasteiger partial charge < -0.3 is 14.2 Å². The standard InChI is InChI=1S/C23H32O4/c1-15-6-9-18-22(4,17(15)8-7-16-11-13-25-20(16)24)12-10-19-23(18,5)14-26-21(2,3)27-19/h7,11,13,17-19H,1,6,8-10,12,14H2,2-5H3/b16-7+. The van der Waals surface area contributed by atoms with Gasteiger partial charge in [0, 0.05) is 5.41 Å². The lowest BCUT2D eigenvalue weighted by atomic mass is 9.46. The van der Waals surface area contributed by atoms with Crippen molar-refractivity contribution in [2.45, 2.75) is 71.7 Å². The van der Waals surface area contributed by atoms with Crippen molar-refractivity contribution in [3.8, 4) is 0 Å². The van der Waals surface area contributed by atoms with Crippen molar-refractivity contribution in [2.75, 3.05) is 6.61 Å². The van der Waals surface area contributed by atoms with Gasteiger partial charge in [0.25, 0.3) is 0 Å². The molecule has 4 rings (SSSR count). The Morgan fingerprint density at radius 1 is 1.22 bits per heavy atom. The van der Waals surface area contributed by atoms with E-state index in [1.165, 1.54) is 11.8 Å². The van der Waals surface area contributed by atoms with Crippen molar-refractivity contribution in [1.82, 2.24) is 0 Å². The molecule has 5 atom stereocenters. The highest BCUT2D eigenvalue weighted by molar-refractivity contribution is 5.94. The summed E-state index contributed by atoms with van der Waals surface area (Å²) in [6.07, 6.45) is 10.7. The zero-order valence-corrected chi connectivity index (χ0v) is 17.0. The van der Waals surface area contributed by atoms with Crippen molar-refractivity contribution < 1.29 is 19.0 Å². The highest BCUT2D eigenvalue weighted by atomic mass is 16.7. The third kappa shape index (κ3) is 3.01. The summed E-state index contributed by atoms with van der Waals surface area (Å²) in [6.45, 7) is 14.0. The maximum atomic E-state index is 11.8. The fourth-order valence-electron chi connectivity index (χ4n) is 6.20. The molecule has 2 heterocycles. The van der Waals surface area contributed by atoms with Gasteiger partial charge in [0.1, 0.15) is 0 Å². The average Bonchev–Trinajstić information content (AvgIpc) is 3.00. The first-order valence-corrected chi connectivity index (χ1v) is 10.2. The molecule has 4 heteroatoms. The maximum absolute atomic E-state index is 11.8. The van der Waals surface area contributed by atoms with Crippen LogP contribution in [-0.4, -0.2) is 24.5 Å².